The number of alkyl halides is 3. The highest BCUT2D eigenvalue weighted by Gasteiger charge is 2.67. The predicted octanol–water partition coefficient (Wildman–Crippen LogP) is 8.01. The molecule has 0 aromatic heterocycles. The Kier molecular flexibility index (Phi) is 6.45. The number of carboxylic acids is 1. The molecule has 3 aromatic rings. The summed E-state index contributed by atoms with van der Waals surface area (Å²) in [5, 5.41) is 14.9. The largest absolute Gasteiger partial charge is 0.487 e. The number of rotatable bonds is 7. The molecule has 1 atom stereocenters. The van der Waals surface area contributed by atoms with Gasteiger partial charge in [-0.05, 0) is 83.9 Å². The summed E-state index contributed by atoms with van der Waals surface area (Å²) in [6, 6.07) is 14.4. The van der Waals surface area contributed by atoms with Crippen molar-refractivity contribution in [3.05, 3.63) is 77.4 Å². The molecule has 1 amide bonds. The number of carboxylic acid groups (broad SMARTS) is 1. The van der Waals surface area contributed by atoms with Crippen molar-refractivity contribution in [2.24, 2.45) is 21.7 Å². The lowest BCUT2D eigenvalue weighted by Crippen LogP contribution is -2.66. The predicted molar refractivity (Wildman–Crippen MR) is 153 cm³/mol. The Morgan fingerprint density at radius 2 is 1.43 bits per heavy atom. The summed E-state index contributed by atoms with van der Waals surface area (Å²) in [4.78, 5) is 26.8. The van der Waals surface area contributed by atoms with Crippen LogP contribution in [-0.4, -0.2) is 23.0 Å². The molecule has 5 nitrogen and oxygen atoms in total. The van der Waals surface area contributed by atoms with Crippen molar-refractivity contribution in [2.75, 3.05) is 0 Å². The first-order valence-corrected chi connectivity index (χ1v) is 14.5. The maximum absolute atomic E-state index is 13.9. The summed E-state index contributed by atoms with van der Waals surface area (Å²) >= 11 is 0. The number of carbonyl (C=O) groups is 2. The van der Waals surface area contributed by atoms with Crippen LogP contribution in [0, 0.1) is 21.7 Å². The van der Waals surface area contributed by atoms with Gasteiger partial charge in [-0.2, -0.15) is 13.2 Å². The van der Waals surface area contributed by atoms with Gasteiger partial charge in [-0.25, -0.2) is 4.79 Å². The van der Waals surface area contributed by atoms with Crippen LogP contribution in [0.2, 0.25) is 0 Å². The number of amides is 1. The number of halogens is 3. The maximum atomic E-state index is 13.9. The van der Waals surface area contributed by atoms with Crippen molar-refractivity contribution >= 4 is 22.6 Å². The van der Waals surface area contributed by atoms with E-state index in [2.05, 4.69) is 26.1 Å². The van der Waals surface area contributed by atoms with E-state index in [1.165, 1.54) is 12.1 Å². The van der Waals surface area contributed by atoms with Gasteiger partial charge in [0.05, 0.1) is 11.1 Å². The molecule has 7 rings (SSSR count). The molecule has 4 saturated carbocycles. The summed E-state index contributed by atoms with van der Waals surface area (Å²) in [5.74, 6) is -1.30. The maximum Gasteiger partial charge on any atom is 0.416 e. The number of benzene rings is 3. The minimum Gasteiger partial charge on any atom is -0.487 e. The lowest BCUT2D eigenvalue weighted by molar-refractivity contribution is -0.198. The number of hydrogen-bond acceptors (Lipinski definition) is 3. The van der Waals surface area contributed by atoms with Crippen LogP contribution in [0.3, 0.4) is 0 Å². The van der Waals surface area contributed by atoms with Gasteiger partial charge in [0, 0.05) is 10.8 Å². The molecular formula is C34H36F3NO4. The first-order valence-electron chi connectivity index (χ1n) is 14.5. The van der Waals surface area contributed by atoms with Crippen LogP contribution in [0.5, 0.6) is 5.75 Å². The van der Waals surface area contributed by atoms with Crippen LogP contribution in [0.15, 0.2) is 60.7 Å². The van der Waals surface area contributed by atoms with Gasteiger partial charge in [0.2, 0.25) is 0 Å². The van der Waals surface area contributed by atoms with Crippen LogP contribution in [-0.2, 0) is 17.6 Å². The Morgan fingerprint density at radius 3 is 1.98 bits per heavy atom. The van der Waals surface area contributed by atoms with Gasteiger partial charge in [-0.15, -0.1) is 0 Å². The normalized spacial score (nSPS) is 30.7. The highest BCUT2D eigenvalue weighted by atomic mass is 19.4. The van der Waals surface area contributed by atoms with Crippen LogP contribution in [0.4, 0.5) is 13.2 Å². The third-order valence-electron chi connectivity index (χ3n) is 9.82. The quantitative estimate of drug-likeness (QED) is 0.297. The molecule has 4 bridgehead atoms. The van der Waals surface area contributed by atoms with E-state index in [9.17, 15) is 27.9 Å². The Labute approximate surface area is 243 Å². The number of hydrogen-bond donors (Lipinski definition) is 2. The van der Waals surface area contributed by atoms with Gasteiger partial charge in [0.15, 0.2) is 0 Å². The Bertz CT molecular complexity index is 1510. The SMILES string of the molecule is CC12CC3(C)CC(C)(C1)CC([C@H](NC(=O)c1ccc4ccccc4c1OCc1ccc(C(F)(F)F)cc1)C(=O)O)(C2)C3. The average molecular weight is 580 g/mol. The van der Waals surface area contributed by atoms with Gasteiger partial charge in [-0.1, -0.05) is 63.2 Å². The van der Waals surface area contributed by atoms with Gasteiger partial charge in [0.25, 0.3) is 5.91 Å². The van der Waals surface area contributed by atoms with E-state index >= 15 is 0 Å². The third kappa shape index (κ3) is 5.03. The van der Waals surface area contributed by atoms with Crippen molar-refractivity contribution in [1.82, 2.24) is 5.32 Å². The monoisotopic (exact) mass is 579 g/mol. The summed E-state index contributed by atoms with van der Waals surface area (Å²) < 4.78 is 45.2. The minimum absolute atomic E-state index is 0.0373. The molecule has 4 aliphatic rings. The second-order valence-electron chi connectivity index (χ2n) is 14.2. The summed E-state index contributed by atoms with van der Waals surface area (Å²) in [6.07, 6.45) is 1.06. The van der Waals surface area contributed by atoms with Crippen molar-refractivity contribution in [2.45, 2.75) is 78.1 Å². The average Bonchev–Trinajstić information content (AvgIpc) is 2.86. The van der Waals surface area contributed by atoms with E-state index < -0.39 is 35.1 Å². The van der Waals surface area contributed by atoms with E-state index in [1.54, 1.807) is 12.1 Å². The van der Waals surface area contributed by atoms with Gasteiger partial charge in [-0.3, -0.25) is 4.79 Å². The molecule has 0 saturated heterocycles. The second kappa shape index (κ2) is 9.48. The van der Waals surface area contributed by atoms with E-state index in [0.29, 0.717) is 10.9 Å². The Hall–Kier alpha value is -3.55. The molecule has 4 aliphatic carbocycles. The standard InChI is InChI=1S/C34H36F3NO4/c1-30-15-31(2)17-32(3,16-30)20-33(18-30,19-31)27(29(40)41)38-28(39)25-13-10-22-6-4-5-7-24(22)26(25)42-14-21-8-11-23(12-9-21)34(35,36)37/h4-13,27H,14-20H2,1-3H3,(H,38,39)(H,40,41)/t27-,30?,31?,32?,33?/m1/s1. The highest BCUT2D eigenvalue weighted by molar-refractivity contribution is 6.05. The number of ether oxygens (including phenoxy) is 1. The number of aliphatic carboxylic acids is 1. The van der Waals surface area contributed by atoms with E-state index in [0.717, 1.165) is 56.0 Å². The zero-order valence-electron chi connectivity index (χ0n) is 24.1. The summed E-state index contributed by atoms with van der Waals surface area (Å²) in [5.41, 5.74) is -0.487. The lowest BCUT2D eigenvalue weighted by Gasteiger charge is -2.70. The van der Waals surface area contributed by atoms with E-state index in [4.69, 9.17) is 4.74 Å². The molecule has 0 spiro atoms. The third-order valence-corrected chi connectivity index (χ3v) is 9.82. The minimum atomic E-state index is -4.44. The second-order valence-corrected chi connectivity index (χ2v) is 14.2. The molecule has 0 unspecified atom stereocenters. The number of nitrogens with one attached hydrogen (secondary N) is 1. The Morgan fingerprint density at radius 1 is 0.857 bits per heavy atom. The van der Waals surface area contributed by atoms with Crippen molar-refractivity contribution in [1.29, 1.82) is 0 Å². The van der Waals surface area contributed by atoms with Gasteiger partial charge < -0.3 is 15.2 Å². The zero-order valence-corrected chi connectivity index (χ0v) is 24.1. The van der Waals surface area contributed by atoms with Crippen molar-refractivity contribution in [3.8, 4) is 5.75 Å². The molecule has 0 aliphatic heterocycles. The fourth-order valence-electron chi connectivity index (χ4n) is 9.91. The van der Waals surface area contributed by atoms with E-state index in [-0.39, 0.29) is 34.2 Å². The first kappa shape index (κ1) is 28.6. The summed E-state index contributed by atoms with van der Waals surface area (Å²) in [7, 11) is 0. The fraction of sp³-hybridized carbons (Fsp3) is 0.471. The van der Waals surface area contributed by atoms with Crippen molar-refractivity contribution in [3.63, 3.8) is 0 Å². The molecule has 4 fully saturated rings. The molecule has 2 N–H and O–H groups in total. The number of fused-ring (bicyclic) bond motifs is 1. The molecule has 8 heteroatoms. The van der Waals surface area contributed by atoms with Crippen LogP contribution in [0.1, 0.15) is 80.8 Å². The topological polar surface area (TPSA) is 75.6 Å². The lowest BCUT2D eigenvalue weighted by atomic mass is 9.35. The highest BCUT2D eigenvalue weighted by Crippen LogP contribution is 2.74. The Balaban J connectivity index is 1.31. The first-order chi connectivity index (χ1) is 19.6. The van der Waals surface area contributed by atoms with Crippen LogP contribution in [0.25, 0.3) is 10.8 Å². The van der Waals surface area contributed by atoms with Crippen LogP contribution < -0.4 is 10.1 Å². The van der Waals surface area contributed by atoms with Gasteiger partial charge in [0.1, 0.15) is 18.4 Å². The fourth-order valence-corrected chi connectivity index (χ4v) is 9.91. The number of carbonyl (C=O) groups excluding carboxylic acids is 1. The van der Waals surface area contributed by atoms with Gasteiger partial charge >= 0.3 is 12.1 Å². The molecule has 0 radical (unpaired) electrons. The van der Waals surface area contributed by atoms with E-state index in [1.807, 2.05) is 24.3 Å². The smallest absolute Gasteiger partial charge is 0.416 e. The van der Waals surface area contributed by atoms with Crippen molar-refractivity contribution < 1.29 is 32.6 Å². The molecule has 0 heterocycles. The molecule has 3 aromatic carbocycles. The van der Waals surface area contributed by atoms with Crippen LogP contribution >= 0.6 is 0 Å². The molecular weight excluding hydrogens is 543 g/mol. The zero-order chi connectivity index (χ0) is 30.1. The molecule has 42 heavy (non-hydrogen) atoms. The molecule has 222 valence electrons. The summed E-state index contributed by atoms with van der Waals surface area (Å²) in [6.45, 7) is 6.75.